The average Bonchev–Trinajstić information content (AvgIpc) is 2.69. The van der Waals surface area contributed by atoms with Crippen LogP contribution in [-0.4, -0.2) is 53.0 Å². The van der Waals surface area contributed by atoms with Crippen LogP contribution in [0.1, 0.15) is 23.2 Å². The van der Waals surface area contributed by atoms with Crippen molar-refractivity contribution in [3.8, 4) is 0 Å². The van der Waals surface area contributed by atoms with Crippen LogP contribution in [0.4, 0.5) is 10.1 Å². The molecule has 31 heavy (non-hydrogen) atoms. The highest BCUT2D eigenvalue weighted by Crippen LogP contribution is 2.25. The first-order chi connectivity index (χ1) is 14.4. The number of likely N-dealkylation sites (tertiary alicyclic amines) is 1. The first-order valence-electron chi connectivity index (χ1n) is 9.29. The summed E-state index contributed by atoms with van der Waals surface area (Å²) in [4.78, 5) is 14.3. The molecule has 1 fully saturated rings. The molecule has 0 aromatic heterocycles. The van der Waals surface area contributed by atoms with Gasteiger partial charge in [0.1, 0.15) is 5.82 Å². The van der Waals surface area contributed by atoms with Crippen molar-refractivity contribution < 1.29 is 26.0 Å². The van der Waals surface area contributed by atoms with Crippen molar-refractivity contribution >= 4 is 43.2 Å². The van der Waals surface area contributed by atoms with Gasteiger partial charge in [0.2, 0.25) is 20.0 Å². The van der Waals surface area contributed by atoms with Gasteiger partial charge in [-0.25, -0.2) is 25.9 Å². The molecule has 1 aliphatic heterocycles. The Hall–Kier alpha value is -2.21. The first-order valence-corrected chi connectivity index (χ1v) is 13.0. The maximum atomic E-state index is 13.0. The zero-order chi connectivity index (χ0) is 22.8. The second kappa shape index (κ2) is 9.11. The van der Waals surface area contributed by atoms with Crippen molar-refractivity contribution in [1.82, 2.24) is 9.62 Å². The number of halogens is 2. The molecule has 1 heterocycles. The van der Waals surface area contributed by atoms with E-state index in [2.05, 4.69) is 9.44 Å². The number of nitrogens with one attached hydrogen (secondary N) is 2. The topological polar surface area (TPSA) is 113 Å². The Balaban J connectivity index is 1.63. The van der Waals surface area contributed by atoms with Gasteiger partial charge in [-0.15, -0.1) is 0 Å². The summed E-state index contributed by atoms with van der Waals surface area (Å²) < 4.78 is 65.7. The van der Waals surface area contributed by atoms with E-state index in [1.807, 2.05) is 0 Å². The van der Waals surface area contributed by atoms with Crippen LogP contribution < -0.4 is 9.44 Å². The van der Waals surface area contributed by atoms with Crippen LogP contribution in [0.2, 0.25) is 5.02 Å². The Kier molecular flexibility index (Phi) is 6.89. The smallest absolute Gasteiger partial charge is 0.253 e. The Labute approximate surface area is 185 Å². The number of carbonyl (C=O) groups excluding carboxylic acids is 1. The molecule has 0 saturated carbocycles. The molecule has 0 bridgehead atoms. The van der Waals surface area contributed by atoms with Crippen LogP contribution in [0.15, 0.2) is 47.4 Å². The van der Waals surface area contributed by atoms with Crippen molar-refractivity contribution in [2.75, 3.05) is 24.1 Å². The normalized spacial score (nSPS) is 15.6. The van der Waals surface area contributed by atoms with E-state index in [1.165, 1.54) is 30.3 Å². The highest BCUT2D eigenvalue weighted by Gasteiger charge is 2.27. The van der Waals surface area contributed by atoms with Crippen molar-refractivity contribution in [1.29, 1.82) is 0 Å². The quantitative estimate of drug-likeness (QED) is 0.647. The molecule has 2 N–H and O–H groups in total. The Morgan fingerprint density at radius 3 is 2.26 bits per heavy atom. The third-order valence-electron chi connectivity index (χ3n) is 4.74. The van der Waals surface area contributed by atoms with Gasteiger partial charge in [0.25, 0.3) is 5.91 Å². The van der Waals surface area contributed by atoms with Crippen LogP contribution in [0.25, 0.3) is 0 Å². The molecule has 12 heteroatoms. The van der Waals surface area contributed by atoms with Gasteiger partial charge in [-0.1, -0.05) is 11.6 Å². The number of piperidine rings is 1. The van der Waals surface area contributed by atoms with Gasteiger partial charge in [0.05, 0.1) is 21.9 Å². The summed E-state index contributed by atoms with van der Waals surface area (Å²) in [5.41, 5.74) is 0.373. The molecular formula is C19H21ClFN3O5S2. The lowest BCUT2D eigenvalue weighted by atomic mass is 10.0. The zero-order valence-corrected chi connectivity index (χ0v) is 18.9. The van der Waals surface area contributed by atoms with Crippen LogP contribution >= 0.6 is 11.6 Å². The van der Waals surface area contributed by atoms with E-state index in [-0.39, 0.29) is 33.1 Å². The molecule has 0 aliphatic carbocycles. The molecule has 168 valence electrons. The third-order valence-corrected chi connectivity index (χ3v) is 7.19. The summed E-state index contributed by atoms with van der Waals surface area (Å²) in [5.74, 6) is -0.837. The molecule has 3 rings (SSSR count). The van der Waals surface area contributed by atoms with Gasteiger partial charge < -0.3 is 4.90 Å². The predicted molar refractivity (Wildman–Crippen MR) is 116 cm³/mol. The van der Waals surface area contributed by atoms with Gasteiger partial charge in [-0.05, 0) is 55.3 Å². The number of carbonyl (C=O) groups is 1. The van der Waals surface area contributed by atoms with Crippen LogP contribution in [-0.2, 0) is 20.0 Å². The maximum absolute atomic E-state index is 13.0. The molecule has 0 spiro atoms. The van der Waals surface area contributed by atoms with Crippen molar-refractivity contribution in [3.63, 3.8) is 0 Å². The minimum Gasteiger partial charge on any atom is -0.339 e. The lowest BCUT2D eigenvalue weighted by Crippen LogP contribution is -2.46. The van der Waals surface area contributed by atoms with Crippen molar-refractivity contribution in [3.05, 3.63) is 58.9 Å². The Morgan fingerprint density at radius 1 is 1.06 bits per heavy atom. The highest BCUT2D eigenvalue weighted by atomic mass is 35.5. The lowest BCUT2D eigenvalue weighted by Gasteiger charge is -2.32. The van der Waals surface area contributed by atoms with E-state index >= 15 is 0 Å². The summed E-state index contributed by atoms with van der Waals surface area (Å²) in [6.45, 7) is 0.625. The molecular weight excluding hydrogens is 469 g/mol. The number of anilines is 1. The van der Waals surface area contributed by atoms with E-state index < -0.39 is 25.9 Å². The second-order valence-electron chi connectivity index (χ2n) is 7.21. The summed E-state index contributed by atoms with van der Waals surface area (Å²) in [6, 6.07) is 8.48. The second-order valence-corrected chi connectivity index (χ2v) is 11.1. The van der Waals surface area contributed by atoms with Gasteiger partial charge in [0.15, 0.2) is 0 Å². The fourth-order valence-electron chi connectivity index (χ4n) is 3.22. The number of nitrogens with zero attached hydrogens (tertiary/aromatic N) is 1. The molecule has 0 radical (unpaired) electrons. The van der Waals surface area contributed by atoms with E-state index in [0.29, 0.717) is 25.9 Å². The summed E-state index contributed by atoms with van der Waals surface area (Å²) in [6.07, 6.45) is 1.78. The van der Waals surface area contributed by atoms with E-state index in [9.17, 15) is 26.0 Å². The number of sulfonamides is 2. The standard InChI is InChI=1S/C19H21ClFN3O5S2/c1-30(26,27)23-18-12-13(2-7-17(18)20)19(25)24-10-8-15(9-11-24)22-31(28,29)16-5-3-14(21)4-6-16/h2-7,12,15,22-23H,8-11H2,1H3. The Morgan fingerprint density at radius 2 is 1.68 bits per heavy atom. The predicted octanol–water partition coefficient (Wildman–Crippen LogP) is 2.43. The molecule has 2 aromatic carbocycles. The van der Waals surface area contributed by atoms with E-state index in [1.54, 1.807) is 4.90 Å². The van der Waals surface area contributed by atoms with Gasteiger partial charge in [0, 0.05) is 24.7 Å². The number of benzene rings is 2. The number of hydrogen-bond acceptors (Lipinski definition) is 5. The van der Waals surface area contributed by atoms with Crippen LogP contribution in [0, 0.1) is 5.82 Å². The fourth-order valence-corrected chi connectivity index (χ4v) is 5.31. The Bertz CT molecular complexity index is 1180. The first kappa shape index (κ1) is 23.5. The van der Waals surface area contributed by atoms with Crippen molar-refractivity contribution in [2.24, 2.45) is 0 Å². The average molecular weight is 490 g/mol. The monoisotopic (exact) mass is 489 g/mol. The zero-order valence-electron chi connectivity index (χ0n) is 16.5. The van der Waals surface area contributed by atoms with E-state index in [0.717, 1.165) is 18.4 Å². The van der Waals surface area contributed by atoms with E-state index in [4.69, 9.17) is 11.6 Å². The van der Waals surface area contributed by atoms with Crippen molar-refractivity contribution in [2.45, 2.75) is 23.8 Å². The molecule has 1 saturated heterocycles. The molecule has 0 atom stereocenters. The maximum Gasteiger partial charge on any atom is 0.253 e. The van der Waals surface area contributed by atoms with Gasteiger partial charge in [-0.2, -0.15) is 0 Å². The van der Waals surface area contributed by atoms with Crippen LogP contribution in [0.3, 0.4) is 0 Å². The number of hydrogen-bond donors (Lipinski definition) is 2. The fraction of sp³-hybridized carbons (Fsp3) is 0.316. The summed E-state index contributed by atoms with van der Waals surface area (Å²) in [5, 5.41) is 0.163. The number of amides is 1. The van der Waals surface area contributed by atoms with Gasteiger partial charge >= 0.3 is 0 Å². The summed E-state index contributed by atoms with van der Waals surface area (Å²) >= 11 is 5.99. The number of rotatable bonds is 6. The lowest BCUT2D eigenvalue weighted by molar-refractivity contribution is 0.0711. The molecule has 1 amide bonds. The minimum absolute atomic E-state index is 0.0283. The molecule has 0 unspecified atom stereocenters. The highest BCUT2D eigenvalue weighted by molar-refractivity contribution is 7.92. The minimum atomic E-state index is -3.79. The van der Waals surface area contributed by atoms with Gasteiger partial charge in [-0.3, -0.25) is 9.52 Å². The third kappa shape index (κ3) is 6.16. The molecule has 1 aliphatic rings. The molecule has 8 nitrogen and oxygen atoms in total. The summed E-state index contributed by atoms with van der Waals surface area (Å²) in [7, 11) is -7.36. The molecule has 2 aromatic rings. The van der Waals surface area contributed by atoms with Crippen LogP contribution in [0.5, 0.6) is 0 Å². The SMILES string of the molecule is CS(=O)(=O)Nc1cc(C(=O)N2CCC(NS(=O)(=O)c3ccc(F)cc3)CC2)ccc1Cl. The largest absolute Gasteiger partial charge is 0.339 e.